The molecule has 1 N–H and O–H groups in total. The molecule has 3 rings (SSSR count). The first-order valence-electron chi connectivity index (χ1n) is 9.69. The lowest BCUT2D eigenvalue weighted by Crippen LogP contribution is -2.17. The summed E-state index contributed by atoms with van der Waals surface area (Å²) in [4.78, 5) is 24.3. The zero-order valence-corrected chi connectivity index (χ0v) is 17.6. The SMILES string of the molecule is CCCOc1ccc(C(=O)Oc2ccc(/C=N/NC(=O)c3cccc(Cl)c3)cc2)cc1. The molecule has 0 atom stereocenters. The highest BCUT2D eigenvalue weighted by Gasteiger charge is 2.09. The molecule has 0 spiro atoms. The van der Waals surface area contributed by atoms with E-state index in [1.807, 2.05) is 6.92 Å². The van der Waals surface area contributed by atoms with E-state index in [9.17, 15) is 9.59 Å². The number of hydrogen-bond donors (Lipinski definition) is 1. The Morgan fingerprint density at radius 2 is 1.68 bits per heavy atom. The molecule has 0 fully saturated rings. The molecule has 0 heterocycles. The number of benzene rings is 3. The van der Waals surface area contributed by atoms with Crippen LogP contribution in [0.25, 0.3) is 0 Å². The maximum Gasteiger partial charge on any atom is 0.343 e. The van der Waals surface area contributed by atoms with Crippen LogP contribution in [-0.4, -0.2) is 24.7 Å². The second-order valence-corrected chi connectivity index (χ2v) is 6.98. The van der Waals surface area contributed by atoms with Crippen molar-refractivity contribution in [3.05, 3.63) is 94.5 Å². The van der Waals surface area contributed by atoms with Crippen molar-refractivity contribution < 1.29 is 19.1 Å². The summed E-state index contributed by atoms with van der Waals surface area (Å²) in [5.41, 5.74) is 4.00. The van der Waals surface area contributed by atoms with Gasteiger partial charge in [0.05, 0.1) is 18.4 Å². The van der Waals surface area contributed by atoms with Gasteiger partial charge in [-0.25, -0.2) is 10.2 Å². The van der Waals surface area contributed by atoms with Crippen LogP contribution in [0.1, 0.15) is 39.6 Å². The minimum atomic E-state index is -0.461. The van der Waals surface area contributed by atoms with Crippen molar-refractivity contribution in [1.82, 2.24) is 5.43 Å². The van der Waals surface area contributed by atoms with E-state index in [4.69, 9.17) is 21.1 Å². The molecule has 158 valence electrons. The van der Waals surface area contributed by atoms with Crippen molar-refractivity contribution in [1.29, 1.82) is 0 Å². The summed E-state index contributed by atoms with van der Waals surface area (Å²) >= 11 is 5.87. The predicted octanol–water partition coefficient (Wildman–Crippen LogP) is 5.11. The number of nitrogens with zero attached hydrogens (tertiary/aromatic N) is 1. The number of rotatable bonds is 8. The van der Waals surface area contributed by atoms with Gasteiger partial charge in [0.1, 0.15) is 11.5 Å². The van der Waals surface area contributed by atoms with Crippen molar-refractivity contribution in [3.8, 4) is 11.5 Å². The molecule has 0 unspecified atom stereocenters. The topological polar surface area (TPSA) is 77.0 Å². The number of carbonyl (C=O) groups excluding carboxylic acids is 2. The molecule has 0 aromatic heterocycles. The average Bonchev–Trinajstić information content (AvgIpc) is 2.79. The number of hydrazone groups is 1. The summed E-state index contributed by atoms with van der Waals surface area (Å²) in [7, 11) is 0. The molecule has 1 amide bonds. The molecular formula is C24H21ClN2O4. The first kappa shape index (κ1) is 22.1. The first-order chi connectivity index (χ1) is 15.0. The summed E-state index contributed by atoms with van der Waals surface area (Å²) in [5.74, 6) is 0.286. The number of ether oxygens (including phenoxy) is 2. The Bertz CT molecular complexity index is 1060. The van der Waals surface area contributed by atoms with E-state index in [-0.39, 0.29) is 5.91 Å². The summed E-state index contributed by atoms with van der Waals surface area (Å²) < 4.78 is 10.9. The van der Waals surface area contributed by atoms with Gasteiger partial charge in [-0.15, -0.1) is 0 Å². The van der Waals surface area contributed by atoms with Gasteiger partial charge in [-0.2, -0.15) is 5.10 Å². The molecule has 6 nitrogen and oxygen atoms in total. The zero-order valence-electron chi connectivity index (χ0n) is 16.9. The average molecular weight is 437 g/mol. The van der Waals surface area contributed by atoms with Crippen molar-refractivity contribution >= 4 is 29.7 Å². The second-order valence-electron chi connectivity index (χ2n) is 6.54. The van der Waals surface area contributed by atoms with Crippen molar-refractivity contribution in [3.63, 3.8) is 0 Å². The fraction of sp³-hybridized carbons (Fsp3) is 0.125. The zero-order chi connectivity index (χ0) is 22.1. The highest BCUT2D eigenvalue weighted by atomic mass is 35.5. The van der Waals surface area contributed by atoms with Crippen molar-refractivity contribution in [2.45, 2.75) is 13.3 Å². The number of amides is 1. The van der Waals surface area contributed by atoms with E-state index >= 15 is 0 Å². The summed E-state index contributed by atoms with van der Waals surface area (Å²) in [5, 5.41) is 4.40. The van der Waals surface area contributed by atoms with Crippen LogP contribution >= 0.6 is 11.6 Å². The molecule has 0 aliphatic carbocycles. The Balaban J connectivity index is 1.53. The van der Waals surface area contributed by atoms with Crippen LogP contribution in [0.3, 0.4) is 0 Å². The van der Waals surface area contributed by atoms with E-state index in [0.717, 1.165) is 12.0 Å². The minimum absolute atomic E-state index is 0.365. The maximum absolute atomic E-state index is 12.3. The molecule has 0 aliphatic heterocycles. The number of halogens is 1. The third-order valence-corrected chi connectivity index (χ3v) is 4.36. The summed E-state index contributed by atoms with van der Waals surface area (Å²) in [6.45, 7) is 2.66. The van der Waals surface area contributed by atoms with Crippen LogP contribution < -0.4 is 14.9 Å². The lowest BCUT2D eigenvalue weighted by atomic mass is 10.2. The van der Waals surface area contributed by atoms with E-state index in [1.54, 1.807) is 72.8 Å². The number of nitrogens with one attached hydrogen (secondary N) is 1. The molecule has 7 heteroatoms. The van der Waals surface area contributed by atoms with Gasteiger partial charge in [0, 0.05) is 10.6 Å². The normalized spacial score (nSPS) is 10.6. The van der Waals surface area contributed by atoms with Gasteiger partial charge in [0.2, 0.25) is 0 Å². The molecule has 0 bridgehead atoms. The molecule has 0 aliphatic rings. The predicted molar refractivity (Wildman–Crippen MR) is 120 cm³/mol. The molecule has 0 radical (unpaired) electrons. The monoisotopic (exact) mass is 436 g/mol. The highest BCUT2D eigenvalue weighted by molar-refractivity contribution is 6.30. The first-order valence-corrected chi connectivity index (χ1v) is 10.1. The van der Waals surface area contributed by atoms with E-state index in [1.165, 1.54) is 6.21 Å². The second kappa shape index (κ2) is 10.9. The number of carbonyl (C=O) groups is 2. The standard InChI is InChI=1S/C24H21ClN2O4/c1-2-14-30-21-12-8-18(9-13-21)24(29)31-22-10-6-17(7-11-22)16-26-27-23(28)19-4-3-5-20(25)15-19/h3-13,15-16H,2,14H2,1H3,(H,27,28)/b26-16+. The van der Waals surface area contributed by atoms with Gasteiger partial charge in [-0.3, -0.25) is 4.79 Å². The molecule has 3 aromatic carbocycles. The largest absolute Gasteiger partial charge is 0.494 e. The Labute approximate surface area is 185 Å². The van der Waals surface area contributed by atoms with E-state index in [0.29, 0.717) is 34.3 Å². The highest BCUT2D eigenvalue weighted by Crippen LogP contribution is 2.17. The van der Waals surface area contributed by atoms with Gasteiger partial charge < -0.3 is 9.47 Å². The Morgan fingerprint density at radius 1 is 0.968 bits per heavy atom. The third-order valence-electron chi connectivity index (χ3n) is 4.12. The lowest BCUT2D eigenvalue weighted by molar-refractivity contribution is 0.0734. The summed E-state index contributed by atoms with van der Waals surface area (Å²) in [6, 6.07) is 20.1. The number of hydrogen-bond acceptors (Lipinski definition) is 5. The third kappa shape index (κ3) is 6.69. The van der Waals surface area contributed by atoms with Crippen molar-refractivity contribution in [2.75, 3.05) is 6.61 Å². The van der Waals surface area contributed by atoms with Crippen LogP contribution in [0.4, 0.5) is 0 Å². The van der Waals surface area contributed by atoms with E-state index in [2.05, 4.69) is 10.5 Å². The lowest BCUT2D eigenvalue weighted by Gasteiger charge is -2.07. The quantitative estimate of drug-likeness (QED) is 0.230. The van der Waals surface area contributed by atoms with Crippen LogP contribution in [0.5, 0.6) is 11.5 Å². The Kier molecular flexibility index (Phi) is 7.79. The Morgan fingerprint density at radius 3 is 2.35 bits per heavy atom. The molecule has 3 aromatic rings. The maximum atomic E-state index is 12.3. The molecule has 0 saturated heterocycles. The van der Waals surface area contributed by atoms with Gasteiger partial charge in [-0.1, -0.05) is 24.6 Å². The van der Waals surface area contributed by atoms with Crippen LogP contribution in [0.2, 0.25) is 5.02 Å². The fourth-order valence-electron chi connectivity index (χ4n) is 2.55. The van der Waals surface area contributed by atoms with Gasteiger partial charge in [0.25, 0.3) is 5.91 Å². The molecule has 0 saturated carbocycles. The fourth-order valence-corrected chi connectivity index (χ4v) is 2.75. The van der Waals surface area contributed by atoms with E-state index < -0.39 is 5.97 Å². The van der Waals surface area contributed by atoms with Crippen molar-refractivity contribution in [2.24, 2.45) is 5.10 Å². The number of esters is 1. The Hall–Kier alpha value is -3.64. The van der Waals surface area contributed by atoms with Gasteiger partial charge in [0.15, 0.2) is 0 Å². The molecular weight excluding hydrogens is 416 g/mol. The van der Waals surface area contributed by atoms with Crippen LogP contribution in [0.15, 0.2) is 77.9 Å². The summed E-state index contributed by atoms with van der Waals surface area (Å²) in [6.07, 6.45) is 2.40. The molecule has 31 heavy (non-hydrogen) atoms. The smallest absolute Gasteiger partial charge is 0.343 e. The van der Waals surface area contributed by atoms with Gasteiger partial charge >= 0.3 is 5.97 Å². The van der Waals surface area contributed by atoms with Crippen LogP contribution in [-0.2, 0) is 0 Å². The van der Waals surface area contributed by atoms with Crippen LogP contribution in [0, 0.1) is 0 Å². The minimum Gasteiger partial charge on any atom is -0.494 e. The van der Waals surface area contributed by atoms with Gasteiger partial charge in [-0.05, 0) is 78.7 Å².